The molecule has 0 aliphatic carbocycles. The lowest BCUT2D eigenvalue weighted by Gasteiger charge is -2.35. The predicted octanol–water partition coefficient (Wildman–Crippen LogP) is 2.32. The van der Waals surface area contributed by atoms with Crippen molar-refractivity contribution in [1.29, 1.82) is 0 Å². The average Bonchev–Trinajstić information content (AvgIpc) is 2.74. The zero-order valence-electron chi connectivity index (χ0n) is 18.0. The molecule has 0 saturated carbocycles. The molecule has 7 heteroatoms. The first-order valence-corrected chi connectivity index (χ1v) is 10.6. The molecule has 2 atom stereocenters. The molecule has 2 heterocycles. The van der Waals surface area contributed by atoms with E-state index < -0.39 is 0 Å². The van der Waals surface area contributed by atoms with Crippen LogP contribution in [-0.4, -0.2) is 45.7 Å². The van der Waals surface area contributed by atoms with Gasteiger partial charge >= 0.3 is 0 Å². The summed E-state index contributed by atoms with van der Waals surface area (Å²) < 4.78 is 7.24. The lowest BCUT2D eigenvalue weighted by molar-refractivity contribution is -0.121. The number of para-hydroxylation sites is 2. The molecule has 1 N–H and O–H groups in total. The fraction of sp³-hybridized carbons (Fsp3) is 0.375. The average molecular weight is 421 g/mol. The van der Waals surface area contributed by atoms with Crippen LogP contribution in [0.2, 0.25) is 0 Å². The normalized spacial score (nSPS) is 19.4. The topological polar surface area (TPSA) is 76.5 Å². The Kier molecular flexibility index (Phi) is 6.44. The molecule has 2 aromatic carbocycles. The molecule has 2 unspecified atom stereocenters. The summed E-state index contributed by atoms with van der Waals surface area (Å²) in [5.41, 5.74) is 3.32. The number of carbonyl (C=O) groups is 1. The summed E-state index contributed by atoms with van der Waals surface area (Å²) in [5.74, 6) is -0.209. The first-order valence-electron chi connectivity index (χ1n) is 10.6. The zero-order chi connectivity index (χ0) is 21.8. The summed E-state index contributed by atoms with van der Waals surface area (Å²) in [5, 5.41) is 2.91. The number of benzene rings is 2. The Morgan fingerprint density at radius 2 is 1.74 bits per heavy atom. The van der Waals surface area contributed by atoms with E-state index in [4.69, 9.17) is 4.74 Å². The van der Waals surface area contributed by atoms with Crippen molar-refractivity contribution >= 4 is 16.9 Å². The highest BCUT2D eigenvalue weighted by atomic mass is 16.5. The molecule has 3 aromatic rings. The molecule has 1 saturated heterocycles. The van der Waals surface area contributed by atoms with E-state index in [0.717, 1.165) is 25.2 Å². The highest BCUT2D eigenvalue weighted by Gasteiger charge is 2.21. The van der Waals surface area contributed by atoms with Crippen LogP contribution in [0.3, 0.4) is 0 Å². The Hall–Kier alpha value is -3.03. The van der Waals surface area contributed by atoms with Gasteiger partial charge in [-0.25, -0.2) is 4.98 Å². The van der Waals surface area contributed by atoms with Gasteiger partial charge in [-0.15, -0.1) is 0 Å². The summed E-state index contributed by atoms with van der Waals surface area (Å²) in [6.45, 7) is 7.36. The standard InChI is InChI=1S/C24H28N4O3/c1-17-13-27(14-18(2)31-17)15-20-9-7-19(8-10-20)11-26-23(29)16-28-22-6-4-3-5-21(22)25-12-24(28)30/h3-10,12,17-18H,11,13-16H2,1-2H3,(H,26,29). The van der Waals surface area contributed by atoms with Crippen LogP contribution in [0.4, 0.5) is 0 Å². The van der Waals surface area contributed by atoms with Gasteiger partial charge in [0.05, 0.1) is 29.4 Å². The van der Waals surface area contributed by atoms with Gasteiger partial charge in [-0.2, -0.15) is 0 Å². The monoisotopic (exact) mass is 420 g/mol. The Labute approximate surface area is 181 Å². The van der Waals surface area contributed by atoms with E-state index in [0.29, 0.717) is 17.6 Å². The Morgan fingerprint density at radius 1 is 1.06 bits per heavy atom. The molecule has 7 nitrogen and oxygen atoms in total. The van der Waals surface area contributed by atoms with Crippen molar-refractivity contribution in [2.45, 2.75) is 45.7 Å². The molecule has 1 aliphatic heterocycles. The van der Waals surface area contributed by atoms with Gasteiger partial charge in [-0.3, -0.25) is 19.1 Å². The van der Waals surface area contributed by atoms with Gasteiger partial charge in [-0.05, 0) is 37.1 Å². The second-order valence-corrected chi connectivity index (χ2v) is 8.22. The predicted molar refractivity (Wildman–Crippen MR) is 120 cm³/mol. The number of amides is 1. The van der Waals surface area contributed by atoms with E-state index in [2.05, 4.69) is 41.2 Å². The van der Waals surface area contributed by atoms with E-state index in [-0.39, 0.29) is 30.2 Å². The summed E-state index contributed by atoms with van der Waals surface area (Å²) in [7, 11) is 0. The van der Waals surface area contributed by atoms with Crippen LogP contribution in [0.5, 0.6) is 0 Å². The number of ether oxygens (including phenoxy) is 1. The molecule has 4 rings (SSSR count). The third-order valence-electron chi connectivity index (χ3n) is 5.47. The van der Waals surface area contributed by atoms with Crippen molar-refractivity contribution in [3.05, 3.63) is 76.2 Å². The van der Waals surface area contributed by atoms with Crippen LogP contribution in [-0.2, 0) is 29.2 Å². The molecule has 162 valence electrons. The fourth-order valence-electron chi connectivity index (χ4n) is 4.11. The molecule has 1 aliphatic rings. The molecule has 1 fully saturated rings. The van der Waals surface area contributed by atoms with Crippen molar-refractivity contribution < 1.29 is 9.53 Å². The fourth-order valence-corrected chi connectivity index (χ4v) is 4.11. The van der Waals surface area contributed by atoms with Gasteiger partial charge in [-0.1, -0.05) is 36.4 Å². The lowest BCUT2D eigenvalue weighted by atomic mass is 10.1. The molecular weight excluding hydrogens is 392 g/mol. The van der Waals surface area contributed by atoms with Crippen molar-refractivity contribution in [2.24, 2.45) is 0 Å². The van der Waals surface area contributed by atoms with Crippen LogP contribution >= 0.6 is 0 Å². The highest BCUT2D eigenvalue weighted by Crippen LogP contribution is 2.15. The maximum atomic E-state index is 12.5. The third-order valence-corrected chi connectivity index (χ3v) is 5.47. The maximum Gasteiger partial charge on any atom is 0.269 e. The minimum atomic E-state index is -0.287. The van der Waals surface area contributed by atoms with Gasteiger partial charge < -0.3 is 10.1 Å². The number of aromatic nitrogens is 2. The molecule has 0 spiro atoms. The van der Waals surface area contributed by atoms with Gasteiger partial charge in [0.2, 0.25) is 5.91 Å². The van der Waals surface area contributed by atoms with Crippen LogP contribution in [0.1, 0.15) is 25.0 Å². The van der Waals surface area contributed by atoms with Gasteiger partial charge in [0.15, 0.2) is 0 Å². The zero-order valence-corrected chi connectivity index (χ0v) is 18.0. The van der Waals surface area contributed by atoms with E-state index in [1.807, 2.05) is 30.3 Å². The lowest BCUT2D eigenvalue weighted by Crippen LogP contribution is -2.44. The Balaban J connectivity index is 1.33. The highest BCUT2D eigenvalue weighted by molar-refractivity contribution is 5.79. The minimum Gasteiger partial charge on any atom is -0.373 e. The van der Waals surface area contributed by atoms with Crippen LogP contribution < -0.4 is 10.9 Å². The molecular formula is C24H28N4O3. The van der Waals surface area contributed by atoms with Crippen LogP contribution in [0.25, 0.3) is 11.0 Å². The quantitative estimate of drug-likeness (QED) is 0.662. The first-order chi connectivity index (χ1) is 15.0. The number of hydrogen-bond donors (Lipinski definition) is 1. The molecule has 1 aromatic heterocycles. The second-order valence-electron chi connectivity index (χ2n) is 8.22. The second kappa shape index (κ2) is 9.41. The van der Waals surface area contributed by atoms with Crippen molar-refractivity contribution in [3.8, 4) is 0 Å². The summed E-state index contributed by atoms with van der Waals surface area (Å²) in [6.07, 6.45) is 1.76. The number of morpholine rings is 1. The van der Waals surface area contributed by atoms with Crippen molar-refractivity contribution in [3.63, 3.8) is 0 Å². The smallest absolute Gasteiger partial charge is 0.269 e. The molecule has 1 amide bonds. The molecule has 0 radical (unpaired) electrons. The number of rotatable bonds is 6. The van der Waals surface area contributed by atoms with Crippen LogP contribution in [0.15, 0.2) is 59.5 Å². The van der Waals surface area contributed by atoms with E-state index >= 15 is 0 Å². The number of nitrogens with zero attached hydrogens (tertiary/aromatic N) is 3. The van der Waals surface area contributed by atoms with Gasteiger partial charge in [0, 0.05) is 26.2 Å². The van der Waals surface area contributed by atoms with Crippen LogP contribution in [0, 0.1) is 0 Å². The first kappa shape index (κ1) is 21.2. The van der Waals surface area contributed by atoms with Gasteiger partial charge in [0.25, 0.3) is 5.56 Å². The summed E-state index contributed by atoms with van der Waals surface area (Å²) >= 11 is 0. The van der Waals surface area contributed by atoms with E-state index in [1.54, 1.807) is 6.07 Å². The third kappa shape index (κ3) is 5.37. The Bertz CT molecular complexity index is 1100. The SMILES string of the molecule is CC1CN(Cc2ccc(CNC(=O)Cn3c(=O)cnc4ccccc43)cc2)CC(C)O1. The van der Waals surface area contributed by atoms with Crippen molar-refractivity contribution in [1.82, 2.24) is 19.8 Å². The summed E-state index contributed by atoms with van der Waals surface area (Å²) in [6, 6.07) is 15.6. The summed E-state index contributed by atoms with van der Waals surface area (Å²) in [4.78, 5) is 31.2. The van der Waals surface area contributed by atoms with E-state index in [1.165, 1.54) is 16.3 Å². The number of hydrogen-bond acceptors (Lipinski definition) is 5. The van der Waals surface area contributed by atoms with Gasteiger partial charge in [0.1, 0.15) is 6.54 Å². The minimum absolute atomic E-state index is 0.0344. The largest absolute Gasteiger partial charge is 0.373 e. The number of fused-ring (bicyclic) bond motifs is 1. The maximum absolute atomic E-state index is 12.5. The Morgan fingerprint density at radius 3 is 2.48 bits per heavy atom. The molecule has 31 heavy (non-hydrogen) atoms. The number of nitrogens with one attached hydrogen (secondary N) is 1. The van der Waals surface area contributed by atoms with Crippen molar-refractivity contribution in [2.75, 3.05) is 13.1 Å². The van der Waals surface area contributed by atoms with E-state index in [9.17, 15) is 9.59 Å². The number of carbonyl (C=O) groups excluding carboxylic acids is 1. The molecule has 0 bridgehead atoms.